The van der Waals surface area contributed by atoms with E-state index in [0.29, 0.717) is 24.4 Å². The Morgan fingerprint density at radius 2 is 1.79 bits per heavy atom. The molecule has 142 valence electrons. The zero-order valence-corrected chi connectivity index (χ0v) is 16.0. The Kier molecular flexibility index (Phi) is 4.74. The van der Waals surface area contributed by atoms with Crippen molar-refractivity contribution in [1.82, 2.24) is 4.90 Å². The number of nitrogens with one attached hydrogen (secondary N) is 1. The summed E-state index contributed by atoms with van der Waals surface area (Å²) in [5, 5.41) is 2.97. The molecule has 2 aromatic carbocycles. The molecule has 0 aliphatic carbocycles. The first-order valence-corrected chi connectivity index (χ1v) is 9.34. The molecular weight excluding hydrogens is 352 g/mol. The molecule has 0 bridgehead atoms. The Balaban J connectivity index is 1.51. The van der Waals surface area contributed by atoms with Crippen LogP contribution in [0.3, 0.4) is 0 Å². The summed E-state index contributed by atoms with van der Waals surface area (Å²) in [6.07, 6.45) is 2.29. The highest BCUT2D eigenvalue weighted by Crippen LogP contribution is 2.24. The Morgan fingerprint density at radius 3 is 2.50 bits per heavy atom. The average Bonchev–Trinajstić information content (AvgIpc) is 3.21. The van der Waals surface area contributed by atoms with Crippen LogP contribution in [0.1, 0.15) is 43.2 Å². The van der Waals surface area contributed by atoms with Gasteiger partial charge in [0.15, 0.2) is 5.76 Å². The van der Waals surface area contributed by atoms with Crippen LogP contribution in [0.5, 0.6) is 0 Å². The number of hydrogen-bond acceptors (Lipinski definition) is 3. The Bertz CT molecular complexity index is 1020. The van der Waals surface area contributed by atoms with Crippen LogP contribution in [0.25, 0.3) is 0 Å². The zero-order chi connectivity index (χ0) is 19.7. The van der Waals surface area contributed by atoms with E-state index in [-0.39, 0.29) is 11.8 Å². The minimum absolute atomic E-state index is 0.111. The van der Waals surface area contributed by atoms with Gasteiger partial charge in [-0.05, 0) is 67.8 Å². The number of furan rings is 1. The molecule has 0 unspecified atom stereocenters. The van der Waals surface area contributed by atoms with E-state index in [1.807, 2.05) is 50.2 Å². The normalized spacial score (nSPS) is 13.1. The first kappa shape index (κ1) is 18.0. The van der Waals surface area contributed by atoms with E-state index in [0.717, 1.165) is 28.8 Å². The SMILES string of the molecule is Cc1cc(C)cc(C(=O)Nc2ccc3c(c2)CN(C(=O)c2ccco2)CC3)c1. The molecule has 0 saturated carbocycles. The summed E-state index contributed by atoms with van der Waals surface area (Å²) >= 11 is 0. The molecule has 1 N–H and O–H groups in total. The molecule has 0 atom stereocenters. The summed E-state index contributed by atoms with van der Waals surface area (Å²) in [7, 11) is 0. The second-order valence-corrected chi connectivity index (χ2v) is 7.27. The number of amides is 2. The second kappa shape index (κ2) is 7.35. The molecule has 1 aliphatic heterocycles. The van der Waals surface area contributed by atoms with Crippen molar-refractivity contribution in [3.05, 3.63) is 88.4 Å². The van der Waals surface area contributed by atoms with E-state index >= 15 is 0 Å². The molecule has 0 spiro atoms. The maximum Gasteiger partial charge on any atom is 0.289 e. The molecule has 2 heterocycles. The lowest BCUT2D eigenvalue weighted by Crippen LogP contribution is -2.35. The lowest BCUT2D eigenvalue weighted by molar-refractivity contribution is 0.0702. The van der Waals surface area contributed by atoms with Gasteiger partial charge in [0.25, 0.3) is 11.8 Å². The van der Waals surface area contributed by atoms with Gasteiger partial charge in [-0.1, -0.05) is 23.3 Å². The molecule has 2 amide bonds. The van der Waals surface area contributed by atoms with Crippen molar-refractivity contribution in [1.29, 1.82) is 0 Å². The van der Waals surface area contributed by atoms with E-state index < -0.39 is 0 Å². The van der Waals surface area contributed by atoms with Crippen molar-refractivity contribution in [3.63, 3.8) is 0 Å². The third-order valence-electron chi connectivity index (χ3n) is 4.98. The third-order valence-corrected chi connectivity index (χ3v) is 4.98. The highest BCUT2D eigenvalue weighted by molar-refractivity contribution is 6.04. The summed E-state index contributed by atoms with van der Waals surface area (Å²) in [4.78, 5) is 26.9. The number of nitrogens with zero attached hydrogens (tertiary/aromatic N) is 1. The van der Waals surface area contributed by atoms with E-state index in [1.165, 1.54) is 11.8 Å². The summed E-state index contributed by atoms with van der Waals surface area (Å²) in [6.45, 7) is 5.11. The van der Waals surface area contributed by atoms with E-state index in [9.17, 15) is 9.59 Å². The highest BCUT2D eigenvalue weighted by atomic mass is 16.3. The molecular formula is C23H22N2O3. The first-order valence-electron chi connectivity index (χ1n) is 9.34. The van der Waals surface area contributed by atoms with Gasteiger partial charge in [0.05, 0.1) is 6.26 Å². The topological polar surface area (TPSA) is 62.6 Å². The fraction of sp³-hybridized carbons (Fsp3) is 0.217. The largest absolute Gasteiger partial charge is 0.459 e. The van der Waals surface area contributed by atoms with Crippen LogP contribution < -0.4 is 5.32 Å². The monoisotopic (exact) mass is 374 g/mol. The predicted octanol–water partition coefficient (Wildman–Crippen LogP) is 4.35. The fourth-order valence-corrected chi connectivity index (χ4v) is 3.67. The molecule has 0 radical (unpaired) electrons. The van der Waals surface area contributed by atoms with Crippen LogP contribution in [-0.4, -0.2) is 23.3 Å². The van der Waals surface area contributed by atoms with Gasteiger partial charge in [-0.25, -0.2) is 0 Å². The number of hydrogen-bond donors (Lipinski definition) is 1. The fourth-order valence-electron chi connectivity index (χ4n) is 3.67. The molecule has 1 aromatic heterocycles. The van der Waals surface area contributed by atoms with Gasteiger partial charge in [-0.2, -0.15) is 0 Å². The Hall–Kier alpha value is -3.34. The number of carbonyl (C=O) groups is 2. The average molecular weight is 374 g/mol. The van der Waals surface area contributed by atoms with Crippen LogP contribution in [0.15, 0.2) is 59.2 Å². The second-order valence-electron chi connectivity index (χ2n) is 7.27. The van der Waals surface area contributed by atoms with Gasteiger partial charge in [0.2, 0.25) is 0 Å². The molecule has 4 rings (SSSR count). The predicted molar refractivity (Wildman–Crippen MR) is 107 cm³/mol. The van der Waals surface area contributed by atoms with Crippen molar-refractivity contribution < 1.29 is 14.0 Å². The lowest BCUT2D eigenvalue weighted by Gasteiger charge is -2.28. The van der Waals surface area contributed by atoms with Gasteiger partial charge in [0, 0.05) is 24.3 Å². The molecule has 5 nitrogen and oxygen atoms in total. The van der Waals surface area contributed by atoms with Gasteiger partial charge in [0.1, 0.15) is 0 Å². The number of fused-ring (bicyclic) bond motifs is 1. The maximum absolute atomic E-state index is 12.6. The first-order chi connectivity index (χ1) is 13.5. The van der Waals surface area contributed by atoms with Crippen LogP contribution in [-0.2, 0) is 13.0 Å². The minimum atomic E-state index is -0.133. The molecule has 5 heteroatoms. The molecule has 0 saturated heterocycles. The van der Waals surface area contributed by atoms with Crippen molar-refractivity contribution >= 4 is 17.5 Å². The number of benzene rings is 2. The summed E-state index contributed by atoms with van der Waals surface area (Å²) in [5.74, 6) is 0.106. The van der Waals surface area contributed by atoms with Crippen molar-refractivity contribution in [2.24, 2.45) is 0 Å². The van der Waals surface area contributed by atoms with Crippen molar-refractivity contribution in [3.8, 4) is 0 Å². The molecule has 3 aromatic rings. The number of rotatable bonds is 3. The number of aryl methyl sites for hydroxylation is 2. The maximum atomic E-state index is 12.6. The van der Waals surface area contributed by atoms with Gasteiger partial charge >= 0.3 is 0 Å². The van der Waals surface area contributed by atoms with E-state index in [4.69, 9.17) is 4.42 Å². The van der Waals surface area contributed by atoms with Crippen LogP contribution in [0.4, 0.5) is 5.69 Å². The summed E-state index contributed by atoms with van der Waals surface area (Å²) in [5.41, 5.74) is 5.74. The number of anilines is 1. The van der Waals surface area contributed by atoms with Crippen LogP contribution in [0.2, 0.25) is 0 Å². The minimum Gasteiger partial charge on any atom is -0.459 e. The van der Waals surface area contributed by atoms with Gasteiger partial charge in [-0.3, -0.25) is 9.59 Å². The van der Waals surface area contributed by atoms with E-state index in [2.05, 4.69) is 5.32 Å². The Labute approximate surface area is 164 Å². The van der Waals surface area contributed by atoms with Crippen molar-refractivity contribution in [2.75, 3.05) is 11.9 Å². The zero-order valence-electron chi connectivity index (χ0n) is 16.0. The summed E-state index contributed by atoms with van der Waals surface area (Å²) < 4.78 is 5.23. The molecule has 0 fully saturated rings. The number of carbonyl (C=O) groups excluding carboxylic acids is 2. The molecule has 28 heavy (non-hydrogen) atoms. The lowest BCUT2D eigenvalue weighted by atomic mass is 9.98. The third kappa shape index (κ3) is 3.69. The quantitative estimate of drug-likeness (QED) is 0.741. The van der Waals surface area contributed by atoms with Crippen LogP contribution >= 0.6 is 0 Å². The van der Waals surface area contributed by atoms with Gasteiger partial charge in [-0.15, -0.1) is 0 Å². The van der Waals surface area contributed by atoms with E-state index in [1.54, 1.807) is 17.0 Å². The standard InChI is InChI=1S/C23H22N2O3/c1-15-10-16(2)12-18(11-15)22(26)24-20-6-5-17-7-8-25(14-19(17)13-20)23(27)21-4-3-9-28-21/h3-6,9-13H,7-8,14H2,1-2H3,(H,24,26). The Morgan fingerprint density at radius 1 is 1.00 bits per heavy atom. The van der Waals surface area contributed by atoms with Crippen LogP contribution in [0, 0.1) is 13.8 Å². The van der Waals surface area contributed by atoms with Crippen molar-refractivity contribution in [2.45, 2.75) is 26.8 Å². The highest BCUT2D eigenvalue weighted by Gasteiger charge is 2.23. The summed E-state index contributed by atoms with van der Waals surface area (Å²) in [6, 6.07) is 15.1. The smallest absolute Gasteiger partial charge is 0.289 e. The molecule has 1 aliphatic rings. The van der Waals surface area contributed by atoms with Gasteiger partial charge < -0.3 is 14.6 Å².